The van der Waals surface area contributed by atoms with Crippen molar-refractivity contribution < 1.29 is 22.7 Å². The summed E-state index contributed by atoms with van der Waals surface area (Å²) >= 11 is 5.96. The molecule has 10 heteroatoms. The van der Waals surface area contributed by atoms with Crippen molar-refractivity contribution in [1.29, 1.82) is 5.26 Å². The van der Waals surface area contributed by atoms with Gasteiger partial charge in [0.15, 0.2) is 6.61 Å². The largest absolute Gasteiger partial charge is 0.452 e. The number of amides is 1. The normalized spacial score (nSPS) is 10.7. The summed E-state index contributed by atoms with van der Waals surface area (Å²) in [5.74, 6) is -1.47. The first-order chi connectivity index (χ1) is 16.2. The van der Waals surface area contributed by atoms with Gasteiger partial charge in [0.1, 0.15) is 6.54 Å². The summed E-state index contributed by atoms with van der Waals surface area (Å²) in [7, 11) is -2.62. The van der Waals surface area contributed by atoms with E-state index < -0.39 is 28.5 Å². The quantitative estimate of drug-likeness (QED) is 0.345. The Balaban J connectivity index is 1.74. The van der Waals surface area contributed by atoms with Crippen LogP contribution in [-0.2, 0) is 19.6 Å². The number of hydrogen-bond acceptors (Lipinski definition) is 6. The summed E-state index contributed by atoms with van der Waals surface area (Å²) in [4.78, 5) is 26.2. The zero-order chi connectivity index (χ0) is 24.7. The molecule has 1 amide bonds. The standard InChI is InChI=1S/C24H20ClN3O5S/c1-27(21-11-6-8-19(25)16-21)34(31,32)22-12-5-7-18(15-22)24(30)33-17-23(29)28(14-13-26)20-9-3-2-4-10-20/h2-12,15-16H,14,17H2,1H3. The van der Waals surface area contributed by atoms with Gasteiger partial charge in [0.25, 0.3) is 15.9 Å². The van der Waals surface area contributed by atoms with Crippen LogP contribution in [0.4, 0.5) is 11.4 Å². The van der Waals surface area contributed by atoms with Crippen molar-refractivity contribution in [2.75, 3.05) is 29.4 Å². The molecule has 0 saturated heterocycles. The number of nitriles is 1. The fraction of sp³-hybridized carbons (Fsp3) is 0.125. The van der Waals surface area contributed by atoms with Gasteiger partial charge >= 0.3 is 5.97 Å². The molecule has 8 nitrogen and oxygen atoms in total. The minimum Gasteiger partial charge on any atom is -0.452 e. The predicted molar refractivity (Wildman–Crippen MR) is 128 cm³/mol. The van der Waals surface area contributed by atoms with Gasteiger partial charge in [-0.1, -0.05) is 41.9 Å². The topological polar surface area (TPSA) is 108 Å². The second-order valence-electron chi connectivity index (χ2n) is 7.03. The number of benzene rings is 3. The number of anilines is 2. The molecule has 0 atom stereocenters. The number of carbonyl (C=O) groups excluding carboxylic acids is 2. The number of nitrogens with zero attached hydrogens (tertiary/aromatic N) is 3. The van der Waals surface area contributed by atoms with Gasteiger partial charge in [-0.05, 0) is 48.5 Å². The Kier molecular flexibility index (Phi) is 7.89. The second kappa shape index (κ2) is 10.8. The van der Waals surface area contributed by atoms with Crippen LogP contribution >= 0.6 is 11.6 Å². The maximum atomic E-state index is 13.0. The van der Waals surface area contributed by atoms with E-state index in [2.05, 4.69) is 0 Å². The average molecular weight is 498 g/mol. The minimum atomic E-state index is -4.00. The smallest absolute Gasteiger partial charge is 0.338 e. The van der Waals surface area contributed by atoms with Gasteiger partial charge < -0.3 is 4.74 Å². The van der Waals surface area contributed by atoms with Crippen molar-refractivity contribution in [3.05, 3.63) is 89.4 Å². The zero-order valence-electron chi connectivity index (χ0n) is 18.1. The van der Waals surface area contributed by atoms with Crippen molar-refractivity contribution in [3.63, 3.8) is 0 Å². The molecule has 0 unspecified atom stereocenters. The SMILES string of the molecule is CN(c1cccc(Cl)c1)S(=O)(=O)c1cccc(C(=O)OCC(=O)N(CC#N)c2ccccc2)c1. The molecule has 174 valence electrons. The lowest BCUT2D eigenvalue weighted by Gasteiger charge is -2.20. The molecule has 0 radical (unpaired) electrons. The van der Waals surface area contributed by atoms with E-state index in [9.17, 15) is 18.0 Å². The van der Waals surface area contributed by atoms with Gasteiger partial charge in [-0.25, -0.2) is 13.2 Å². The third-order valence-electron chi connectivity index (χ3n) is 4.82. The summed E-state index contributed by atoms with van der Waals surface area (Å²) < 4.78 is 32.2. The van der Waals surface area contributed by atoms with Gasteiger partial charge in [0.2, 0.25) is 0 Å². The van der Waals surface area contributed by atoms with Crippen LogP contribution in [-0.4, -0.2) is 40.5 Å². The van der Waals surface area contributed by atoms with Crippen LogP contribution in [0.3, 0.4) is 0 Å². The highest BCUT2D eigenvalue weighted by molar-refractivity contribution is 7.92. The van der Waals surface area contributed by atoms with Crippen LogP contribution in [0.2, 0.25) is 5.02 Å². The van der Waals surface area contributed by atoms with Crippen LogP contribution in [0.15, 0.2) is 83.8 Å². The molecule has 3 aromatic rings. The number of carbonyl (C=O) groups is 2. The lowest BCUT2D eigenvalue weighted by atomic mass is 10.2. The number of esters is 1. The first kappa shape index (κ1) is 24.8. The van der Waals surface area contributed by atoms with E-state index in [0.29, 0.717) is 16.4 Å². The molecule has 0 heterocycles. The Morgan fingerprint density at radius 1 is 0.971 bits per heavy atom. The van der Waals surface area contributed by atoms with Gasteiger partial charge in [-0.15, -0.1) is 0 Å². The summed E-state index contributed by atoms with van der Waals surface area (Å²) in [5.41, 5.74) is 0.798. The van der Waals surface area contributed by atoms with E-state index >= 15 is 0 Å². The van der Waals surface area contributed by atoms with E-state index in [-0.39, 0.29) is 17.0 Å². The van der Waals surface area contributed by atoms with Crippen molar-refractivity contribution >= 4 is 44.9 Å². The first-order valence-corrected chi connectivity index (χ1v) is 11.8. The lowest BCUT2D eigenvalue weighted by molar-refractivity contribution is -0.121. The van der Waals surface area contributed by atoms with Gasteiger partial charge in [0.05, 0.1) is 22.2 Å². The third-order valence-corrected chi connectivity index (χ3v) is 6.84. The second-order valence-corrected chi connectivity index (χ2v) is 9.44. The van der Waals surface area contributed by atoms with Gasteiger partial charge in [-0.2, -0.15) is 5.26 Å². The molecular formula is C24H20ClN3O5S. The Morgan fingerprint density at radius 2 is 1.65 bits per heavy atom. The van der Waals surface area contributed by atoms with Crippen LogP contribution in [0, 0.1) is 11.3 Å². The van der Waals surface area contributed by atoms with E-state index in [0.717, 1.165) is 4.31 Å². The van der Waals surface area contributed by atoms with E-state index in [1.165, 1.54) is 42.3 Å². The minimum absolute atomic E-state index is 0.0417. The fourth-order valence-electron chi connectivity index (χ4n) is 3.04. The fourth-order valence-corrected chi connectivity index (χ4v) is 4.46. The number of rotatable bonds is 8. The Bertz CT molecular complexity index is 1340. The van der Waals surface area contributed by atoms with E-state index in [1.54, 1.807) is 48.5 Å². The monoisotopic (exact) mass is 497 g/mol. The Morgan fingerprint density at radius 3 is 2.32 bits per heavy atom. The average Bonchev–Trinajstić information content (AvgIpc) is 2.85. The molecule has 0 N–H and O–H groups in total. The molecule has 0 aliphatic carbocycles. The van der Waals surface area contributed by atoms with Crippen molar-refractivity contribution in [2.24, 2.45) is 0 Å². The van der Waals surface area contributed by atoms with Crippen molar-refractivity contribution in [1.82, 2.24) is 0 Å². The molecule has 0 spiro atoms. The van der Waals surface area contributed by atoms with E-state index in [1.807, 2.05) is 6.07 Å². The summed E-state index contributed by atoms with van der Waals surface area (Å²) in [6.07, 6.45) is 0. The van der Waals surface area contributed by atoms with Crippen LogP contribution in [0.5, 0.6) is 0 Å². The van der Waals surface area contributed by atoms with E-state index in [4.69, 9.17) is 21.6 Å². The Labute approximate surface area is 202 Å². The first-order valence-electron chi connectivity index (χ1n) is 9.98. The summed E-state index contributed by atoms with van der Waals surface area (Å²) in [5, 5.41) is 9.41. The predicted octanol–water partition coefficient (Wildman–Crippen LogP) is 3.88. The molecule has 0 saturated carbocycles. The van der Waals surface area contributed by atoms with Crippen molar-refractivity contribution in [2.45, 2.75) is 4.90 Å². The highest BCUT2D eigenvalue weighted by Crippen LogP contribution is 2.25. The molecule has 0 aliphatic heterocycles. The maximum absolute atomic E-state index is 13.0. The summed E-state index contributed by atoms with van der Waals surface area (Å²) in [6.45, 7) is -0.835. The van der Waals surface area contributed by atoms with Crippen molar-refractivity contribution in [3.8, 4) is 6.07 Å². The highest BCUT2D eigenvalue weighted by atomic mass is 35.5. The Hall–Kier alpha value is -3.87. The van der Waals surface area contributed by atoms with Gasteiger partial charge in [-0.3, -0.25) is 14.0 Å². The number of sulfonamides is 1. The molecule has 0 fully saturated rings. The molecule has 0 bridgehead atoms. The molecule has 0 aromatic heterocycles. The van der Waals surface area contributed by atoms with Gasteiger partial charge in [0, 0.05) is 17.8 Å². The number of hydrogen-bond donors (Lipinski definition) is 0. The number of ether oxygens (including phenoxy) is 1. The molecular weight excluding hydrogens is 478 g/mol. The molecule has 0 aliphatic rings. The molecule has 34 heavy (non-hydrogen) atoms. The maximum Gasteiger partial charge on any atom is 0.338 e. The lowest BCUT2D eigenvalue weighted by Crippen LogP contribution is -2.35. The number of halogens is 1. The van der Waals surface area contributed by atoms with Crippen LogP contribution in [0.1, 0.15) is 10.4 Å². The molecule has 3 aromatic carbocycles. The number of para-hydroxylation sites is 1. The van der Waals surface area contributed by atoms with Crippen LogP contribution in [0.25, 0.3) is 0 Å². The van der Waals surface area contributed by atoms with Crippen LogP contribution < -0.4 is 9.21 Å². The zero-order valence-corrected chi connectivity index (χ0v) is 19.7. The third kappa shape index (κ3) is 5.73. The highest BCUT2D eigenvalue weighted by Gasteiger charge is 2.24. The summed E-state index contributed by atoms with van der Waals surface area (Å²) in [6, 6.07) is 22.1. The molecule has 3 rings (SSSR count).